The van der Waals surface area contributed by atoms with Crippen molar-refractivity contribution in [1.82, 2.24) is 10.2 Å². The molecule has 0 radical (unpaired) electrons. The smallest absolute Gasteiger partial charge is 0.270 e. The summed E-state index contributed by atoms with van der Waals surface area (Å²) in [6.07, 6.45) is 4.20. The van der Waals surface area contributed by atoms with E-state index in [1.54, 1.807) is 51.1 Å². The summed E-state index contributed by atoms with van der Waals surface area (Å²) in [4.78, 5) is 43.6. The third-order valence-electron chi connectivity index (χ3n) is 3.58. The molecule has 6 heteroatoms. The van der Waals surface area contributed by atoms with E-state index in [9.17, 15) is 14.4 Å². The molecular weight excluding hydrogens is 320 g/mol. The van der Waals surface area contributed by atoms with Crippen molar-refractivity contribution in [3.8, 4) is 0 Å². The van der Waals surface area contributed by atoms with Gasteiger partial charge in [0.25, 0.3) is 17.7 Å². The van der Waals surface area contributed by atoms with Gasteiger partial charge < -0.3 is 0 Å². The number of hydroxylamine groups is 1. The minimum absolute atomic E-state index is 0.178. The number of carbonyl (C=O) groups excluding carboxylic acids is 3. The standard InChI is InChI=1S/C19H24N2O4/c1-5-6-7-8-13-16(22)21(25-19(2,3)4)20-17(23)14-11-9-10-12-15(14)18(20)24/h5,9-12H,1,6-8,13H2,2-4H3. The molecule has 1 aliphatic rings. The van der Waals surface area contributed by atoms with Crippen LogP contribution in [0, 0.1) is 0 Å². The van der Waals surface area contributed by atoms with Gasteiger partial charge in [-0.25, -0.2) is 4.84 Å². The van der Waals surface area contributed by atoms with Crippen LogP contribution in [0.2, 0.25) is 0 Å². The molecule has 134 valence electrons. The van der Waals surface area contributed by atoms with E-state index in [1.807, 2.05) is 0 Å². The first-order chi connectivity index (χ1) is 11.8. The zero-order chi connectivity index (χ0) is 18.6. The highest BCUT2D eigenvalue weighted by molar-refractivity contribution is 6.21. The minimum Gasteiger partial charge on any atom is -0.270 e. The van der Waals surface area contributed by atoms with E-state index < -0.39 is 23.3 Å². The number of unbranched alkanes of at least 4 members (excludes halogenated alkanes) is 2. The Labute approximate surface area is 148 Å². The Hall–Kier alpha value is -2.47. The van der Waals surface area contributed by atoms with Gasteiger partial charge in [0, 0.05) is 6.42 Å². The fraction of sp³-hybridized carbons (Fsp3) is 0.421. The zero-order valence-corrected chi connectivity index (χ0v) is 14.9. The van der Waals surface area contributed by atoms with Crippen molar-refractivity contribution in [3.05, 3.63) is 48.0 Å². The van der Waals surface area contributed by atoms with Crippen molar-refractivity contribution >= 4 is 17.7 Å². The summed E-state index contributed by atoms with van der Waals surface area (Å²) >= 11 is 0. The van der Waals surface area contributed by atoms with Crippen molar-refractivity contribution in [2.24, 2.45) is 0 Å². The number of fused-ring (bicyclic) bond motifs is 1. The summed E-state index contributed by atoms with van der Waals surface area (Å²) < 4.78 is 0. The van der Waals surface area contributed by atoms with Gasteiger partial charge in [-0.1, -0.05) is 18.2 Å². The number of carbonyl (C=O) groups is 3. The topological polar surface area (TPSA) is 66.9 Å². The molecule has 0 aromatic heterocycles. The van der Waals surface area contributed by atoms with Crippen molar-refractivity contribution in [1.29, 1.82) is 0 Å². The quantitative estimate of drug-likeness (QED) is 0.329. The predicted molar refractivity (Wildman–Crippen MR) is 93.3 cm³/mol. The van der Waals surface area contributed by atoms with E-state index in [0.29, 0.717) is 6.42 Å². The molecule has 0 spiro atoms. The lowest BCUT2D eigenvalue weighted by atomic mass is 10.1. The van der Waals surface area contributed by atoms with Crippen LogP contribution in [0.25, 0.3) is 0 Å². The largest absolute Gasteiger partial charge is 0.282 e. The Morgan fingerprint density at radius 2 is 1.72 bits per heavy atom. The average Bonchev–Trinajstić information content (AvgIpc) is 2.80. The lowest BCUT2D eigenvalue weighted by Crippen LogP contribution is -2.52. The molecule has 3 amide bonds. The van der Waals surface area contributed by atoms with E-state index >= 15 is 0 Å². The van der Waals surface area contributed by atoms with E-state index in [0.717, 1.165) is 23.0 Å². The fourth-order valence-electron chi connectivity index (χ4n) is 2.46. The molecule has 1 heterocycles. The van der Waals surface area contributed by atoms with Crippen LogP contribution >= 0.6 is 0 Å². The van der Waals surface area contributed by atoms with Crippen LogP contribution in [0.4, 0.5) is 0 Å². The highest BCUT2D eigenvalue weighted by atomic mass is 16.7. The summed E-state index contributed by atoms with van der Waals surface area (Å²) in [5.41, 5.74) is -0.199. The fourth-order valence-corrected chi connectivity index (χ4v) is 2.46. The summed E-state index contributed by atoms with van der Waals surface area (Å²) in [6.45, 7) is 8.91. The number of benzene rings is 1. The maximum atomic E-state index is 12.6. The van der Waals surface area contributed by atoms with Crippen LogP contribution in [0.3, 0.4) is 0 Å². The zero-order valence-electron chi connectivity index (χ0n) is 14.9. The number of imide groups is 1. The van der Waals surface area contributed by atoms with Crippen LogP contribution in [-0.2, 0) is 9.63 Å². The number of hydrazine groups is 1. The van der Waals surface area contributed by atoms with Gasteiger partial charge in [0.2, 0.25) is 0 Å². The number of nitrogens with zero attached hydrogens (tertiary/aromatic N) is 2. The monoisotopic (exact) mass is 344 g/mol. The molecule has 1 aromatic rings. The first-order valence-electron chi connectivity index (χ1n) is 8.37. The minimum atomic E-state index is -0.744. The lowest BCUT2D eigenvalue weighted by molar-refractivity contribution is -0.279. The normalized spacial score (nSPS) is 13.8. The molecule has 0 unspecified atom stereocenters. The molecule has 0 N–H and O–H groups in total. The van der Waals surface area contributed by atoms with Crippen molar-refractivity contribution in [2.45, 2.75) is 52.1 Å². The van der Waals surface area contributed by atoms with Crippen molar-refractivity contribution in [2.75, 3.05) is 0 Å². The van der Waals surface area contributed by atoms with Gasteiger partial charge in [-0.3, -0.25) is 14.4 Å². The Kier molecular flexibility index (Phi) is 5.74. The number of rotatable bonds is 7. The average molecular weight is 344 g/mol. The maximum absolute atomic E-state index is 12.6. The molecule has 1 aromatic carbocycles. The van der Waals surface area contributed by atoms with E-state index in [-0.39, 0.29) is 17.5 Å². The van der Waals surface area contributed by atoms with Crippen LogP contribution in [0.15, 0.2) is 36.9 Å². The number of hydrogen-bond donors (Lipinski definition) is 0. The summed E-state index contributed by atoms with van der Waals surface area (Å²) in [5, 5.41) is 1.63. The van der Waals surface area contributed by atoms with Gasteiger partial charge >= 0.3 is 0 Å². The Morgan fingerprint density at radius 3 is 2.20 bits per heavy atom. The molecule has 25 heavy (non-hydrogen) atoms. The van der Waals surface area contributed by atoms with Gasteiger partial charge in [-0.05, 0) is 52.2 Å². The van der Waals surface area contributed by atoms with Crippen LogP contribution in [0.1, 0.15) is 67.2 Å². The van der Waals surface area contributed by atoms with E-state index in [2.05, 4.69) is 6.58 Å². The molecule has 1 aliphatic heterocycles. The van der Waals surface area contributed by atoms with Gasteiger partial charge in [0.05, 0.1) is 16.7 Å². The Bertz CT molecular complexity index is 656. The lowest BCUT2D eigenvalue weighted by Gasteiger charge is -2.33. The number of hydrogen-bond acceptors (Lipinski definition) is 4. The van der Waals surface area contributed by atoms with Gasteiger partial charge in [-0.15, -0.1) is 11.8 Å². The van der Waals surface area contributed by atoms with Crippen LogP contribution in [0.5, 0.6) is 0 Å². The summed E-state index contributed by atoms with van der Waals surface area (Å²) in [6, 6.07) is 6.50. The molecule has 0 fully saturated rings. The number of amides is 3. The molecule has 0 saturated carbocycles. The predicted octanol–water partition coefficient (Wildman–Crippen LogP) is 3.50. The molecule has 0 saturated heterocycles. The second-order valence-corrected chi connectivity index (χ2v) is 6.87. The molecule has 6 nitrogen and oxygen atoms in total. The molecule has 2 rings (SSSR count). The molecule has 0 atom stereocenters. The molecule has 0 aliphatic carbocycles. The van der Waals surface area contributed by atoms with Crippen LogP contribution < -0.4 is 0 Å². The third-order valence-corrected chi connectivity index (χ3v) is 3.58. The highest BCUT2D eigenvalue weighted by Crippen LogP contribution is 2.26. The molecular formula is C19H24N2O4. The Balaban J connectivity index is 2.24. The van der Waals surface area contributed by atoms with Crippen molar-refractivity contribution < 1.29 is 19.2 Å². The first kappa shape index (κ1) is 18.9. The Morgan fingerprint density at radius 1 is 1.16 bits per heavy atom. The first-order valence-corrected chi connectivity index (χ1v) is 8.37. The third kappa shape index (κ3) is 4.33. The van der Waals surface area contributed by atoms with E-state index in [1.165, 1.54) is 0 Å². The second-order valence-electron chi connectivity index (χ2n) is 6.87. The van der Waals surface area contributed by atoms with Crippen LogP contribution in [-0.4, -0.2) is 33.5 Å². The second kappa shape index (κ2) is 7.61. The van der Waals surface area contributed by atoms with Gasteiger partial charge in [0.1, 0.15) is 0 Å². The summed E-state index contributed by atoms with van der Waals surface area (Å²) in [5.74, 6) is -1.53. The van der Waals surface area contributed by atoms with Crippen molar-refractivity contribution in [3.63, 3.8) is 0 Å². The SMILES string of the molecule is C=CCCCCC(=O)N(OC(C)(C)C)N1C(=O)c2ccccc2C1=O. The number of allylic oxidation sites excluding steroid dienone is 1. The van der Waals surface area contributed by atoms with E-state index in [4.69, 9.17) is 4.84 Å². The van der Waals surface area contributed by atoms with Gasteiger partial charge in [0.15, 0.2) is 0 Å². The molecule has 0 bridgehead atoms. The highest BCUT2D eigenvalue weighted by Gasteiger charge is 2.43. The van der Waals surface area contributed by atoms with Gasteiger partial charge in [-0.2, -0.15) is 5.01 Å². The maximum Gasteiger partial charge on any atom is 0.282 e. The summed E-state index contributed by atoms with van der Waals surface area (Å²) in [7, 11) is 0.